The molecule has 68 valence electrons. The first-order chi connectivity index (χ1) is 6.93. The van der Waals surface area contributed by atoms with E-state index in [0.717, 1.165) is 14.1 Å². The van der Waals surface area contributed by atoms with Gasteiger partial charge in [0.05, 0.1) is 6.61 Å². The zero-order valence-corrected chi connectivity index (χ0v) is 8.51. The molecule has 1 aromatic heterocycles. The summed E-state index contributed by atoms with van der Waals surface area (Å²) in [7, 11) is 0.777. The molecule has 0 radical (unpaired) electrons. The van der Waals surface area contributed by atoms with Crippen molar-refractivity contribution in [3.05, 3.63) is 40.6 Å². The molecule has 14 heavy (non-hydrogen) atoms. The Labute approximate surface area is 87.6 Å². The lowest BCUT2D eigenvalue weighted by Gasteiger charge is -2.01. The fourth-order valence-corrected chi connectivity index (χ4v) is 2.45. The van der Waals surface area contributed by atoms with Crippen LogP contribution < -0.4 is 5.46 Å². The summed E-state index contributed by atoms with van der Waals surface area (Å²) in [6.45, 7) is 0.771. The van der Waals surface area contributed by atoms with Gasteiger partial charge in [0.2, 0.25) is 0 Å². The molecule has 0 N–H and O–H groups in total. The Bertz CT molecular complexity index is 450. The average molecular weight is 200 g/mol. The molecule has 0 spiro atoms. The molecule has 0 amide bonds. The van der Waals surface area contributed by atoms with Gasteiger partial charge >= 0.3 is 7.48 Å². The van der Waals surface area contributed by atoms with Crippen LogP contribution in [0.3, 0.4) is 0 Å². The molecule has 3 rings (SSSR count). The van der Waals surface area contributed by atoms with Gasteiger partial charge in [0.1, 0.15) is 0 Å². The summed E-state index contributed by atoms with van der Waals surface area (Å²) in [5, 5.41) is 4.29. The molecule has 0 aliphatic carbocycles. The first-order valence-corrected chi connectivity index (χ1v) is 5.60. The Morgan fingerprint density at radius 3 is 3.07 bits per heavy atom. The fourth-order valence-electron chi connectivity index (χ4n) is 1.78. The van der Waals surface area contributed by atoms with Crippen LogP contribution in [-0.2, 0) is 11.3 Å². The molecule has 0 bridgehead atoms. The van der Waals surface area contributed by atoms with Crippen LogP contribution in [0.1, 0.15) is 5.56 Å². The standard InChI is InChI=1S/C11H9BOS/c1-2-11-10(6-13-12-11)5-8(1)9-3-4-14-7-9/h1-5,7,12H,6H2. The van der Waals surface area contributed by atoms with Crippen molar-refractivity contribution in [3.63, 3.8) is 0 Å². The third-order valence-electron chi connectivity index (χ3n) is 2.58. The minimum absolute atomic E-state index is 0.771. The van der Waals surface area contributed by atoms with Crippen LogP contribution in [0.4, 0.5) is 0 Å². The SMILES string of the molecule is B1OCc2cc(-c3ccsc3)ccc21. The average Bonchev–Trinajstić information content (AvgIpc) is 2.88. The van der Waals surface area contributed by atoms with Crippen LogP contribution >= 0.6 is 11.3 Å². The van der Waals surface area contributed by atoms with Gasteiger partial charge in [-0.1, -0.05) is 12.1 Å². The van der Waals surface area contributed by atoms with E-state index in [2.05, 4.69) is 35.0 Å². The summed E-state index contributed by atoms with van der Waals surface area (Å²) < 4.78 is 5.39. The third-order valence-corrected chi connectivity index (χ3v) is 3.26. The van der Waals surface area contributed by atoms with Crippen LogP contribution in [0.25, 0.3) is 11.1 Å². The highest BCUT2D eigenvalue weighted by molar-refractivity contribution is 7.08. The lowest BCUT2D eigenvalue weighted by atomic mass is 9.86. The van der Waals surface area contributed by atoms with E-state index >= 15 is 0 Å². The normalized spacial score (nSPS) is 13.7. The highest BCUT2D eigenvalue weighted by Gasteiger charge is 2.13. The summed E-state index contributed by atoms with van der Waals surface area (Å²) in [6, 6.07) is 8.75. The van der Waals surface area contributed by atoms with E-state index in [9.17, 15) is 0 Å². The van der Waals surface area contributed by atoms with E-state index < -0.39 is 0 Å². The Morgan fingerprint density at radius 2 is 2.21 bits per heavy atom. The van der Waals surface area contributed by atoms with Crippen molar-refractivity contribution in [1.29, 1.82) is 0 Å². The number of fused-ring (bicyclic) bond motifs is 1. The highest BCUT2D eigenvalue weighted by atomic mass is 32.1. The molecule has 3 heteroatoms. The third kappa shape index (κ3) is 1.29. The van der Waals surface area contributed by atoms with Gasteiger partial charge in [-0.2, -0.15) is 11.3 Å². The predicted octanol–water partition coefficient (Wildman–Crippen LogP) is 1.92. The molecule has 1 nitrogen and oxygen atoms in total. The Balaban J connectivity index is 2.09. The molecule has 0 atom stereocenters. The summed E-state index contributed by atoms with van der Waals surface area (Å²) in [5.74, 6) is 0. The molecule has 2 heterocycles. The number of benzene rings is 1. The van der Waals surface area contributed by atoms with Gasteiger partial charge in [-0.25, -0.2) is 0 Å². The molecule has 0 saturated heterocycles. The predicted molar refractivity (Wildman–Crippen MR) is 61.3 cm³/mol. The molecule has 1 aliphatic rings. The second-order valence-electron chi connectivity index (χ2n) is 3.49. The van der Waals surface area contributed by atoms with Gasteiger partial charge < -0.3 is 4.65 Å². The topological polar surface area (TPSA) is 9.23 Å². The Hall–Kier alpha value is -1.06. The van der Waals surface area contributed by atoms with Crippen molar-refractivity contribution in [3.8, 4) is 11.1 Å². The maximum absolute atomic E-state index is 5.39. The van der Waals surface area contributed by atoms with Gasteiger partial charge in [-0.05, 0) is 45.0 Å². The molecule has 0 saturated carbocycles. The Morgan fingerprint density at radius 1 is 1.21 bits per heavy atom. The van der Waals surface area contributed by atoms with Gasteiger partial charge in [0.15, 0.2) is 0 Å². The summed E-state index contributed by atoms with van der Waals surface area (Å²) in [4.78, 5) is 0. The molecule has 1 aromatic carbocycles. The highest BCUT2D eigenvalue weighted by Crippen LogP contribution is 2.23. The molecule has 1 aliphatic heterocycles. The van der Waals surface area contributed by atoms with Gasteiger partial charge in [-0.3, -0.25) is 0 Å². The lowest BCUT2D eigenvalue weighted by Crippen LogP contribution is -2.10. The maximum Gasteiger partial charge on any atom is 0.309 e. The first kappa shape index (κ1) is 8.27. The monoisotopic (exact) mass is 200 g/mol. The number of rotatable bonds is 1. The van der Waals surface area contributed by atoms with Crippen LogP contribution in [-0.4, -0.2) is 7.48 Å². The van der Waals surface area contributed by atoms with Gasteiger partial charge in [0.25, 0.3) is 0 Å². The van der Waals surface area contributed by atoms with Gasteiger partial charge in [0, 0.05) is 0 Å². The van der Waals surface area contributed by atoms with E-state index in [1.807, 2.05) is 0 Å². The largest absolute Gasteiger partial charge is 0.430 e. The van der Waals surface area contributed by atoms with E-state index in [1.165, 1.54) is 22.2 Å². The quantitative estimate of drug-likeness (QED) is 0.639. The minimum Gasteiger partial charge on any atom is -0.430 e. The molecular formula is C11H9BOS. The van der Waals surface area contributed by atoms with Crippen LogP contribution in [0, 0.1) is 0 Å². The van der Waals surface area contributed by atoms with Crippen LogP contribution in [0.15, 0.2) is 35.0 Å². The van der Waals surface area contributed by atoms with Crippen molar-refractivity contribution in [2.75, 3.05) is 0 Å². The van der Waals surface area contributed by atoms with Crippen LogP contribution in [0.5, 0.6) is 0 Å². The zero-order chi connectivity index (χ0) is 9.38. The summed E-state index contributed by atoms with van der Waals surface area (Å²) in [6.07, 6.45) is 0. The first-order valence-electron chi connectivity index (χ1n) is 4.65. The van der Waals surface area contributed by atoms with Crippen molar-refractivity contribution in [2.45, 2.75) is 6.61 Å². The number of hydrogen-bond acceptors (Lipinski definition) is 2. The molecular weight excluding hydrogens is 191 g/mol. The lowest BCUT2D eigenvalue weighted by molar-refractivity contribution is 0.345. The van der Waals surface area contributed by atoms with E-state index in [1.54, 1.807) is 11.3 Å². The summed E-state index contributed by atoms with van der Waals surface area (Å²) >= 11 is 1.74. The summed E-state index contributed by atoms with van der Waals surface area (Å²) in [5.41, 5.74) is 5.29. The van der Waals surface area contributed by atoms with E-state index in [0.29, 0.717) is 0 Å². The smallest absolute Gasteiger partial charge is 0.309 e. The number of thiophene rings is 1. The minimum atomic E-state index is 0.771. The van der Waals surface area contributed by atoms with E-state index in [4.69, 9.17) is 4.65 Å². The second kappa shape index (κ2) is 3.26. The van der Waals surface area contributed by atoms with Gasteiger partial charge in [-0.15, -0.1) is 0 Å². The Kier molecular flexibility index (Phi) is 1.93. The van der Waals surface area contributed by atoms with Crippen molar-refractivity contribution in [1.82, 2.24) is 0 Å². The maximum atomic E-state index is 5.39. The second-order valence-corrected chi connectivity index (χ2v) is 4.27. The van der Waals surface area contributed by atoms with Crippen LogP contribution in [0.2, 0.25) is 0 Å². The molecule has 0 fully saturated rings. The number of hydrogen-bond donors (Lipinski definition) is 0. The van der Waals surface area contributed by atoms with E-state index in [-0.39, 0.29) is 0 Å². The molecule has 2 aromatic rings. The zero-order valence-electron chi connectivity index (χ0n) is 7.69. The molecule has 0 unspecified atom stereocenters. The van der Waals surface area contributed by atoms with Crippen molar-refractivity contribution < 1.29 is 4.65 Å². The van der Waals surface area contributed by atoms with Crippen molar-refractivity contribution >= 4 is 24.3 Å². The fraction of sp³-hybridized carbons (Fsp3) is 0.0909. The van der Waals surface area contributed by atoms with Crippen molar-refractivity contribution in [2.24, 2.45) is 0 Å².